The molecule has 102 valence electrons. The second-order valence-electron chi connectivity index (χ2n) is 6.47. The van der Waals surface area contributed by atoms with Crippen LogP contribution in [0.15, 0.2) is 0 Å². The molecule has 0 bridgehead atoms. The van der Waals surface area contributed by atoms with Crippen LogP contribution >= 0.6 is 0 Å². The van der Waals surface area contributed by atoms with Crippen LogP contribution in [0.5, 0.6) is 0 Å². The summed E-state index contributed by atoms with van der Waals surface area (Å²) in [5.74, 6) is 1.58. The summed E-state index contributed by atoms with van der Waals surface area (Å²) in [5, 5.41) is 3.36. The molecule has 3 aliphatic rings. The van der Waals surface area contributed by atoms with Crippen LogP contribution in [-0.4, -0.2) is 36.0 Å². The maximum absolute atomic E-state index is 12.8. The normalized spacial score (nSPS) is 37.6. The van der Waals surface area contributed by atoms with Crippen LogP contribution in [0.3, 0.4) is 0 Å². The third kappa shape index (κ3) is 2.18. The molecule has 2 saturated heterocycles. The van der Waals surface area contributed by atoms with Gasteiger partial charge in [0.05, 0.1) is 0 Å². The zero-order chi connectivity index (χ0) is 12.5. The lowest BCUT2D eigenvalue weighted by atomic mass is 9.84. The Morgan fingerprint density at radius 1 is 1.11 bits per heavy atom. The van der Waals surface area contributed by atoms with Crippen molar-refractivity contribution in [1.82, 2.24) is 10.2 Å². The average molecular weight is 250 g/mol. The molecule has 1 amide bonds. The standard InChI is InChI=1S/C15H26N2O/c1-11-10-13-4-2-3-5-14(13)17(11)15(18)12-6-8-16-9-7-12/h11-14,16H,2-10H2,1H3. The number of nitrogens with one attached hydrogen (secondary N) is 1. The van der Waals surface area contributed by atoms with E-state index < -0.39 is 0 Å². The Morgan fingerprint density at radius 3 is 2.61 bits per heavy atom. The Hall–Kier alpha value is -0.570. The fourth-order valence-corrected chi connectivity index (χ4v) is 4.37. The molecule has 3 fully saturated rings. The second kappa shape index (κ2) is 5.20. The number of hydrogen-bond acceptors (Lipinski definition) is 2. The predicted molar refractivity (Wildman–Crippen MR) is 72.3 cm³/mol. The molecule has 2 aliphatic heterocycles. The molecular formula is C15H26N2O. The summed E-state index contributed by atoms with van der Waals surface area (Å²) >= 11 is 0. The summed E-state index contributed by atoms with van der Waals surface area (Å²) < 4.78 is 0. The molecule has 1 N–H and O–H groups in total. The molecule has 3 rings (SSSR count). The summed E-state index contributed by atoms with van der Waals surface area (Å²) in [6, 6.07) is 1.07. The van der Waals surface area contributed by atoms with Crippen molar-refractivity contribution in [3.05, 3.63) is 0 Å². The first-order valence-corrected chi connectivity index (χ1v) is 7.80. The van der Waals surface area contributed by atoms with Gasteiger partial charge in [-0.2, -0.15) is 0 Å². The summed E-state index contributed by atoms with van der Waals surface area (Å²) in [7, 11) is 0. The Morgan fingerprint density at radius 2 is 1.83 bits per heavy atom. The van der Waals surface area contributed by atoms with E-state index in [0.717, 1.165) is 31.8 Å². The number of likely N-dealkylation sites (tertiary alicyclic amines) is 1. The van der Waals surface area contributed by atoms with Crippen molar-refractivity contribution in [2.24, 2.45) is 11.8 Å². The zero-order valence-corrected chi connectivity index (χ0v) is 11.5. The zero-order valence-electron chi connectivity index (χ0n) is 11.5. The Labute approximate surface area is 110 Å². The molecule has 0 spiro atoms. The fraction of sp³-hybridized carbons (Fsp3) is 0.933. The minimum atomic E-state index is 0.300. The number of piperidine rings is 1. The molecule has 0 aromatic heterocycles. The van der Waals surface area contributed by atoms with Crippen LogP contribution in [0.25, 0.3) is 0 Å². The highest BCUT2D eigenvalue weighted by molar-refractivity contribution is 5.80. The van der Waals surface area contributed by atoms with Crippen LogP contribution in [0.2, 0.25) is 0 Å². The summed E-state index contributed by atoms with van der Waals surface area (Å²) in [5.41, 5.74) is 0. The van der Waals surface area contributed by atoms with Crippen molar-refractivity contribution in [2.45, 2.75) is 64.0 Å². The van der Waals surface area contributed by atoms with Crippen molar-refractivity contribution >= 4 is 5.91 Å². The van der Waals surface area contributed by atoms with Crippen LogP contribution in [0.1, 0.15) is 51.9 Å². The minimum Gasteiger partial charge on any atom is -0.336 e. The van der Waals surface area contributed by atoms with Gasteiger partial charge in [0.25, 0.3) is 0 Å². The van der Waals surface area contributed by atoms with E-state index >= 15 is 0 Å². The predicted octanol–water partition coefficient (Wildman–Crippen LogP) is 2.17. The molecular weight excluding hydrogens is 224 g/mol. The van der Waals surface area contributed by atoms with Gasteiger partial charge in [0, 0.05) is 18.0 Å². The molecule has 3 unspecified atom stereocenters. The van der Waals surface area contributed by atoms with E-state index in [1.807, 2.05) is 0 Å². The number of carbonyl (C=O) groups excluding carboxylic acids is 1. The lowest BCUT2D eigenvalue weighted by Crippen LogP contribution is -2.47. The van der Waals surface area contributed by atoms with Gasteiger partial charge < -0.3 is 10.2 Å². The third-order valence-electron chi connectivity index (χ3n) is 5.29. The summed E-state index contributed by atoms with van der Waals surface area (Å²) in [4.78, 5) is 15.1. The van der Waals surface area contributed by atoms with Gasteiger partial charge in [0.2, 0.25) is 5.91 Å². The van der Waals surface area contributed by atoms with Gasteiger partial charge >= 0.3 is 0 Å². The van der Waals surface area contributed by atoms with E-state index in [2.05, 4.69) is 17.1 Å². The van der Waals surface area contributed by atoms with E-state index in [0.29, 0.717) is 23.9 Å². The number of rotatable bonds is 1. The van der Waals surface area contributed by atoms with Gasteiger partial charge in [-0.15, -0.1) is 0 Å². The van der Waals surface area contributed by atoms with E-state index in [9.17, 15) is 4.79 Å². The Bertz CT molecular complexity index is 312. The van der Waals surface area contributed by atoms with Crippen LogP contribution in [0.4, 0.5) is 0 Å². The number of fused-ring (bicyclic) bond motifs is 1. The first kappa shape index (κ1) is 12.5. The van der Waals surface area contributed by atoms with Crippen molar-refractivity contribution in [3.63, 3.8) is 0 Å². The first-order chi connectivity index (χ1) is 8.77. The highest BCUT2D eigenvalue weighted by Gasteiger charge is 2.44. The monoisotopic (exact) mass is 250 g/mol. The highest BCUT2D eigenvalue weighted by Crippen LogP contribution is 2.40. The second-order valence-corrected chi connectivity index (χ2v) is 6.47. The quantitative estimate of drug-likeness (QED) is 0.773. The first-order valence-electron chi connectivity index (χ1n) is 7.80. The SMILES string of the molecule is CC1CC2CCCCC2N1C(=O)C1CCNCC1. The van der Waals surface area contributed by atoms with Crippen molar-refractivity contribution < 1.29 is 4.79 Å². The van der Waals surface area contributed by atoms with Gasteiger partial charge in [-0.3, -0.25) is 4.79 Å². The number of amides is 1. The minimum absolute atomic E-state index is 0.300. The summed E-state index contributed by atoms with van der Waals surface area (Å²) in [6.45, 7) is 4.30. The molecule has 1 saturated carbocycles. The molecule has 0 radical (unpaired) electrons. The van der Waals surface area contributed by atoms with Crippen LogP contribution < -0.4 is 5.32 Å². The maximum Gasteiger partial charge on any atom is 0.226 e. The van der Waals surface area contributed by atoms with Gasteiger partial charge in [-0.1, -0.05) is 12.8 Å². The molecule has 2 heterocycles. The number of carbonyl (C=O) groups is 1. The van der Waals surface area contributed by atoms with Gasteiger partial charge in [-0.25, -0.2) is 0 Å². The maximum atomic E-state index is 12.8. The molecule has 0 aromatic carbocycles. The van der Waals surface area contributed by atoms with E-state index in [-0.39, 0.29) is 0 Å². The average Bonchev–Trinajstić information content (AvgIpc) is 2.75. The number of nitrogens with zero attached hydrogens (tertiary/aromatic N) is 1. The van der Waals surface area contributed by atoms with Crippen molar-refractivity contribution in [1.29, 1.82) is 0 Å². The summed E-state index contributed by atoms with van der Waals surface area (Å²) in [6.07, 6.45) is 8.64. The van der Waals surface area contributed by atoms with Gasteiger partial charge in [0.1, 0.15) is 0 Å². The van der Waals surface area contributed by atoms with E-state index in [1.54, 1.807) is 0 Å². The smallest absolute Gasteiger partial charge is 0.226 e. The molecule has 3 atom stereocenters. The molecule has 1 aliphatic carbocycles. The Kier molecular flexibility index (Phi) is 3.60. The lowest BCUT2D eigenvalue weighted by molar-refractivity contribution is -0.139. The van der Waals surface area contributed by atoms with Crippen LogP contribution in [-0.2, 0) is 4.79 Å². The topological polar surface area (TPSA) is 32.3 Å². The highest BCUT2D eigenvalue weighted by atomic mass is 16.2. The third-order valence-corrected chi connectivity index (χ3v) is 5.29. The van der Waals surface area contributed by atoms with Crippen molar-refractivity contribution in [3.8, 4) is 0 Å². The molecule has 18 heavy (non-hydrogen) atoms. The number of hydrogen-bond donors (Lipinski definition) is 1. The van der Waals surface area contributed by atoms with E-state index in [4.69, 9.17) is 0 Å². The Balaban J connectivity index is 1.71. The van der Waals surface area contributed by atoms with Crippen molar-refractivity contribution in [2.75, 3.05) is 13.1 Å². The largest absolute Gasteiger partial charge is 0.336 e. The molecule has 3 heteroatoms. The lowest BCUT2D eigenvalue weighted by Gasteiger charge is -2.36. The van der Waals surface area contributed by atoms with Gasteiger partial charge in [-0.05, 0) is 58.0 Å². The fourth-order valence-electron chi connectivity index (χ4n) is 4.37. The van der Waals surface area contributed by atoms with Crippen LogP contribution in [0, 0.1) is 11.8 Å². The molecule has 3 nitrogen and oxygen atoms in total. The van der Waals surface area contributed by atoms with Gasteiger partial charge in [0.15, 0.2) is 0 Å². The molecule has 0 aromatic rings. The van der Waals surface area contributed by atoms with E-state index in [1.165, 1.54) is 32.1 Å².